The summed E-state index contributed by atoms with van der Waals surface area (Å²) in [4.78, 5) is 18.3. The molecule has 1 saturated heterocycles. The molecule has 1 aromatic carbocycles. The van der Waals surface area contributed by atoms with Gasteiger partial charge in [-0.25, -0.2) is 8.78 Å². The minimum atomic E-state index is -0.567. The van der Waals surface area contributed by atoms with E-state index < -0.39 is 11.6 Å². The van der Waals surface area contributed by atoms with Crippen LogP contribution in [0.2, 0.25) is 0 Å². The summed E-state index contributed by atoms with van der Waals surface area (Å²) < 4.78 is 26.7. The molecule has 2 N–H and O–H groups in total. The summed E-state index contributed by atoms with van der Waals surface area (Å²) in [6.07, 6.45) is 2.89. The molecular formula is C19H28F2N4O. The molecule has 1 heterocycles. The van der Waals surface area contributed by atoms with Gasteiger partial charge in [0, 0.05) is 45.7 Å². The Kier molecular flexibility index (Phi) is 7.81. The molecule has 0 spiro atoms. The molecule has 1 amide bonds. The van der Waals surface area contributed by atoms with Crippen molar-refractivity contribution in [3.05, 3.63) is 35.4 Å². The van der Waals surface area contributed by atoms with Crippen LogP contribution in [0, 0.1) is 17.6 Å². The Balaban J connectivity index is 1.89. The fraction of sp³-hybridized carbons (Fsp3) is 0.579. The molecule has 0 bridgehead atoms. The number of amides is 1. The molecule has 2 rings (SSSR count). The van der Waals surface area contributed by atoms with Crippen molar-refractivity contribution in [2.45, 2.75) is 32.6 Å². The summed E-state index contributed by atoms with van der Waals surface area (Å²) in [7, 11) is 1.66. The summed E-state index contributed by atoms with van der Waals surface area (Å²) >= 11 is 0. The largest absolute Gasteiger partial charge is 0.359 e. The first-order valence-electron chi connectivity index (χ1n) is 9.21. The maximum absolute atomic E-state index is 13.7. The van der Waals surface area contributed by atoms with Gasteiger partial charge in [0.15, 0.2) is 5.96 Å². The van der Waals surface area contributed by atoms with E-state index in [-0.39, 0.29) is 5.91 Å². The predicted molar refractivity (Wildman–Crippen MR) is 99.0 cm³/mol. The van der Waals surface area contributed by atoms with Gasteiger partial charge in [0.05, 0.1) is 0 Å². The van der Waals surface area contributed by atoms with Crippen LogP contribution >= 0.6 is 0 Å². The van der Waals surface area contributed by atoms with E-state index in [0.717, 1.165) is 44.5 Å². The van der Waals surface area contributed by atoms with E-state index in [4.69, 9.17) is 0 Å². The maximum Gasteiger partial charge on any atom is 0.220 e. The number of benzene rings is 1. The van der Waals surface area contributed by atoms with Crippen LogP contribution < -0.4 is 10.6 Å². The first-order chi connectivity index (χ1) is 12.5. The Hall–Kier alpha value is -2.18. The second-order valence-electron chi connectivity index (χ2n) is 6.53. The molecule has 0 unspecified atom stereocenters. The monoisotopic (exact) mass is 366 g/mol. The van der Waals surface area contributed by atoms with Crippen molar-refractivity contribution in [1.29, 1.82) is 0 Å². The third kappa shape index (κ3) is 5.97. The lowest BCUT2D eigenvalue weighted by molar-refractivity contribution is -0.121. The minimum absolute atomic E-state index is 0.0883. The van der Waals surface area contributed by atoms with E-state index >= 15 is 0 Å². The van der Waals surface area contributed by atoms with Crippen LogP contribution in [0.1, 0.15) is 31.7 Å². The third-order valence-corrected chi connectivity index (χ3v) is 4.66. The minimum Gasteiger partial charge on any atom is -0.359 e. The van der Waals surface area contributed by atoms with Gasteiger partial charge in [-0.15, -0.1) is 0 Å². The SMILES string of the molecule is CCNC(=NCCc1ccc(F)cc1F)N1CCC(CC(=O)NC)CC1. The van der Waals surface area contributed by atoms with Crippen LogP contribution in [0.25, 0.3) is 0 Å². The van der Waals surface area contributed by atoms with Crippen molar-refractivity contribution in [3.63, 3.8) is 0 Å². The second kappa shape index (κ2) is 10.1. The molecule has 26 heavy (non-hydrogen) atoms. The number of guanidine groups is 1. The fourth-order valence-corrected chi connectivity index (χ4v) is 3.15. The van der Waals surface area contributed by atoms with E-state index in [2.05, 4.69) is 20.5 Å². The lowest BCUT2D eigenvalue weighted by Gasteiger charge is -2.34. The average molecular weight is 366 g/mol. The number of halogens is 2. The predicted octanol–water partition coefficient (Wildman–Crippen LogP) is 2.32. The summed E-state index contributed by atoms with van der Waals surface area (Å²) in [6.45, 7) is 4.88. The molecule has 1 aliphatic rings. The lowest BCUT2D eigenvalue weighted by atomic mass is 9.93. The molecular weight excluding hydrogens is 338 g/mol. The zero-order chi connectivity index (χ0) is 18.9. The third-order valence-electron chi connectivity index (χ3n) is 4.66. The number of rotatable bonds is 6. The number of hydrogen-bond donors (Lipinski definition) is 2. The quantitative estimate of drug-likeness (QED) is 0.600. The Labute approximate surface area is 153 Å². The number of carbonyl (C=O) groups is 1. The van der Waals surface area contributed by atoms with Crippen LogP contribution in [0.3, 0.4) is 0 Å². The highest BCUT2D eigenvalue weighted by molar-refractivity contribution is 5.80. The number of nitrogens with one attached hydrogen (secondary N) is 2. The van der Waals surface area contributed by atoms with Crippen molar-refractivity contribution in [2.24, 2.45) is 10.9 Å². The molecule has 0 aromatic heterocycles. The molecule has 144 valence electrons. The van der Waals surface area contributed by atoms with E-state index in [1.165, 1.54) is 12.1 Å². The van der Waals surface area contributed by atoms with Gasteiger partial charge in [0.1, 0.15) is 11.6 Å². The van der Waals surface area contributed by atoms with E-state index in [0.29, 0.717) is 30.9 Å². The highest BCUT2D eigenvalue weighted by Crippen LogP contribution is 2.20. The lowest BCUT2D eigenvalue weighted by Crippen LogP contribution is -2.46. The first kappa shape index (κ1) is 20.1. The van der Waals surface area contributed by atoms with Crippen molar-refractivity contribution in [2.75, 3.05) is 33.2 Å². The zero-order valence-electron chi connectivity index (χ0n) is 15.5. The Morgan fingerprint density at radius 1 is 1.31 bits per heavy atom. The number of aliphatic imine (C=N–C) groups is 1. The topological polar surface area (TPSA) is 56.7 Å². The van der Waals surface area contributed by atoms with Gasteiger partial charge in [-0.1, -0.05) is 6.07 Å². The van der Waals surface area contributed by atoms with Crippen LogP contribution in [0.15, 0.2) is 23.2 Å². The molecule has 0 radical (unpaired) electrons. The average Bonchev–Trinajstić information content (AvgIpc) is 2.63. The molecule has 1 fully saturated rings. The van der Waals surface area contributed by atoms with Gasteiger partial charge in [0.25, 0.3) is 0 Å². The number of likely N-dealkylation sites (tertiary alicyclic amines) is 1. The van der Waals surface area contributed by atoms with Crippen molar-refractivity contribution < 1.29 is 13.6 Å². The van der Waals surface area contributed by atoms with Crippen LogP contribution in [0.4, 0.5) is 8.78 Å². The highest BCUT2D eigenvalue weighted by Gasteiger charge is 2.23. The summed E-state index contributed by atoms with van der Waals surface area (Å²) in [5, 5.41) is 5.95. The Morgan fingerprint density at radius 3 is 2.65 bits per heavy atom. The number of piperidine rings is 1. The van der Waals surface area contributed by atoms with Gasteiger partial charge >= 0.3 is 0 Å². The number of carbonyl (C=O) groups excluding carboxylic acids is 1. The highest BCUT2D eigenvalue weighted by atomic mass is 19.1. The van der Waals surface area contributed by atoms with E-state index in [1.54, 1.807) is 7.05 Å². The molecule has 1 aromatic rings. The number of hydrogen-bond acceptors (Lipinski definition) is 2. The van der Waals surface area contributed by atoms with Gasteiger partial charge < -0.3 is 15.5 Å². The Bertz CT molecular complexity index is 628. The van der Waals surface area contributed by atoms with Crippen LogP contribution in [-0.2, 0) is 11.2 Å². The van der Waals surface area contributed by atoms with Crippen LogP contribution in [-0.4, -0.2) is 50.0 Å². The van der Waals surface area contributed by atoms with Gasteiger partial charge in [-0.2, -0.15) is 0 Å². The molecule has 0 aliphatic carbocycles. The second-order valence-corrected chi connectivity index (χ2v) is 6.53. The smallest absolute Gasteiger partial charge is 0.220 e. The van der Waals surface area contributed by atoms with Gasteiger partial charge in [-0.05, 0) is 43.7 Å². The molecule has 5 nitrogen and oxygen atoms in total. The fourth-order valence-electron chi connectivity index (χ4n) is 3.15. The summed E-state index contributed by atoms with van der Waals surface area (Å²) in [5.41, 5.74) is 0.468. The number of nitrogens with zero attached hydrogens (tertiary/aromatic N) is 2. The van der Waals surface area contributed by atoms with Gasteiger partial charge in [0.2, 0.25) is 5.91 Å². The molecule has 1 aliphatic heterocycles. The first-order valence-corrected chi connectivity index (χ1v) is 9.21. The normalized spacial score (nSPS) is 15.8. The van der Waals surface area contributed by atoms with Crippen molar-refractivity contribution >= 4 is 11.9 Å². The van der Waals surface area contributed by atoms with Crippen LogP contribution in [0.5, 0.6) is 0 Å². The Morgan fingerprint density at radius 2 is 2.04 bits per heavy atom. The van der Waals surface area contributed by atoms with Gasteiger partial charge in [-0.3, -0.25) is 9.79 Å². The molecule has 0 saturated carbocycles. The van der Waals surface area contributed by atoms with E-state index in [1.807, 2.05) is 6.92 Å². The van der Waals surface area contributed by atoms with E-state index in [9.17, 15) is 13.6 Å². The maximum atomic E-state index is 13.7. The standard InChI is InChI=1S/C19H28F2N4O/c1-3-23-19(24-9-6-15-4-5-16(20)13-17(15)21)25-10-7-14(8-11-25)12-18(26)22-2/h4-5,13-14H,3,6-12H2,1-2H3,(H,22,26)(H,23,24). The molecule has 7 heteroatoms. The molecule has 0 atom stereocenters. The zero-order valence-corrected chi connectivity index (χ0v) is 15.5. The van der Waals surface area contributed by atoms with Crippen molar-refractivity contribution in [1.82, 2.24) is 15.5 Å². The summed E-state index contributed by atoms with van der Waals surface area (Å²) in [5.74, 6) is 0.212. The summed E-state index contributed by atoms with van der Waals surface area (Å²) in [6, 6.07) is 3.64. The van der Waals surface area contributed by atoms with Crippen molar-refractivity contribution in [3.8, 4) is 0 Å².